The smallest absolute Gasteiger partial charge is 0.165 e. The van der Waals surface area contributed by atoms with Crippen LogP contribution in [-0.2, 0) is 4.79 Å². The van der Waals surface area contributed by atoms with Crippen LogP contribution in [0.2, 0.25) is 0 Å². The Morgan fingerprint density at radius 3 is 2.36 bits per heavy atom. The van der Waals surface area contributed by atoms with Crippen molar-refractivity contribution in [3.63, 3.8) is 0 Å². The second kappa shape index (κ2) is 2.67. The van der Waals surface area contributed by atoms with Gasteiger partial charge in [-0.1, -0.05) is 11.6 Å². The van der Waals surface area contributed by atoms with Gasteiger partial charge in [-0.2, -0.15) is 0 Å². The molecule has 0 amide bonds. The van der Waals surface area contributed by atoms with E-state index in [9.17, 15) is 4.79 Å². The van der Waals surface area contributed by atoms with E-state index in [2.05, 4.69) is 0 Å². The van der Waals surface area contributed by atoms with Crippen LogP contribution in [0.4, 0.5) is 0 Å². The maximum atomic E-state index is 11.4. The van der Waals surface area contributed by atoms with E-state index in [1.165, 1.54) is 5.57 Å². The minimum Gasteiger partial charge on any atom is -0.297 e. The molecule has 1 aliphatic heterocycles. The van der Waals surface area contributed by atoms with Gasteiger partial charge in [0.15, 0.2) is 5.78 Å². The number of Topliss-reactive ketones (excluding diaryl/α,β-unsaturated/α-hetero) is 1. The van der Waals surface area contributed by atoms with Crippen LogP contribution in [0.1, 0.15) is 27.7 Å². The third kappa shape index (κ3) is 1.67. The predicted octanol–water partition coefficient (Wildman–Crippen LogP) is 2.42. The van der Waals surface area contributed by atoms with Crippen LogP contribution in [0, 0.1) is 0 Å². The molecule has 0 N–H and O–H groups in total. The molecule has 1 nitrogen and oxygen atoms in total. The predicted molar refractivity (Wildman–Crippen MR) is 49.9 cm³/mol. The largest absolute Gasteiger partial charge is 0.297 e. The molecule has 1 aliphatic rings. The summed E-state index contributed by atoms with van der Waals surface area (Å²) in [6, 6.07) is 0. The van der Waals surface area contributed by atoms with Gasteiger partial charge in [0.1, 0.15) is 0 Å². The molecule has 1 unspecified atom stereocenters. The maximum Gasteiger partial charge on any atom is 0.165 e. The molecular weight excluding hydrogens is 156 g/mol. The number of thioether (sulfide) groups is 1. The second-order valence-electron chi connectivity index (χ2n) is 3.66. The van der Waals surface area contributed by atoms with Crippen molar-refractivity contribution in [1.29, 1.82) is 0 Å². The lowest BCUT2D eigenvalue weighted by Crippen LogP contribution is -2.47. The lowest BCUT2D eigenvalue weighted by Gasteiger charge is -2.38. The van der Waals surface area contributed by atoms with Gasteiger partial charge < -0.3 is 0 Å². The van der Waals surface area contributed by atoms with Crippen LogP contribution in [0.25, 0.3) is 0 Å². The molecule has 1 rings (SSSR count). The summed E-state index contributed by atoms with van der Waals surface area (Å²) in [5.41, 5.74) is 1.23. The standard InChI is InChI=1S/C9H14OS/c1-6(2)5-7-8(10)9(3,4)11-7/h5,7H,1-4H3. The first kappa shape index (κ1) is 8.85. The molecule has 1 atom stereocenters. The number of allylic oxidation sites excluding steroid dienone is 1. The molecular formula is C9H14OS. The Balaban J connectivity index is 2.60. The molecule has 11 heavy (non-hydrogen) atoms. The normalized spacial score (nSPS) is 27.6. The summed E-state index contributed by atoms with van der Waals surface area (Å²) in [5.74, 6) is 0.365. The zero-order chi connectivity index (χ0) is 8.65. The molecule has 0 saturated carbocycles. The molecule has 0 aliphatic carbocycles. The monoisotopic (exact) mass is 170 g/mol. The van der Waals surface area contributed by atoms with Gasteiger partial charge in [0, 0.05) is 0 Å². The molecule has 2 heteroatoms. The zero-order valence-corrected chi connectivity index (χ0v) is 8.29. The molecule has 0 spiro atoms. The molecule has 1 saturated heterocycles. The van der Waals surface area contributed by atoms with Crippen LogP contribution in [-0.4, -0.2) is 15.8 Å². The molecule has 0 bridgehead atoms. The number of carbonyl (C=O) groups excluding carboxylic acids is 1. The van der Waals surface area contributed by atoms with Crippen LogP contribution in [0.3, 0.4) is 0 Å². The first-order valence-corrected chi connectivity index (χ1v) is 4.68. The highest BCUT2D eigenvalue weighted by atomic mass is 32.2. The van der Waals surface area contributed by atoms with Crippen molar-refractivity contribution < 1.29 is 4.79 Å². The van der Waals surface area contributed by atoms with E-state index in [-0.39, 0.29) is 10.00 Å². The summed E-state index contributed by atoms with van der Waals surface area (Å²) in [7, 11) is 0. The third-order valence-corrected chi connectivity index (χ3v) is 3.15. The highest BCUT2D eigenvalue weighted by Gasteiger charge is 2.45. The Labute approximate surface area is 72.2 Å². The van der Waals surface area contributed by atoms with E-state index in [0.717, 1.165) is 0 Å². The van der Waals surface area contributed by atoms with Crippen molar-refractivity contribution in [3.8, 4) is 0 Å². The summed E-state index contributed by atoms with van der Waals surface area (Å²) < 4.78 is -0.128. The quantitative estimate of drug-likeness (QED) is 0.562. The summed E-state index contributed by atoms with van der Waals surface area (Å²) in [5, 5.41) is 0.134. The summed E-state index contributed by atoms with van der Waals surface area (Å²) >= 11 is 1.74. The van der Waals surface area contributed by atoms with Crippen LogP contribution >= 0.6 is 11.8 Å². The Bertz CT molecular complexity index is 212. The van der Waals surface area contributed by atoms with Crippen LogP contribution in [0.5, 0.6) is 0 Å². The van der Waals surface area contributed by atoms with Crippen molar-refractivity contribution in [1.82, 2.24) is 0 Å². The van der Waals surface area contributed by atoms with E-state index >= 15 is 0 Å². The number of carbonyl (C=O) groups is 1. The Hall–Kier alpha value is -0.240. The van der Waals surface area contributed by atoms with Gasteiger partial charge in [0.2, 0.25) is 0 Å². The number of hydrogen-bond acceptors (Lipinski definition) is 2. The maximum absolute atomic E-state index is 11.4. The summed E-state index contributed by atoms with van der Waals surface area (Å²) in [6.45, 7) is 8.02. The molecule has 62 valence electrons. The first-order chi connectivity index (χ1) is 4.93. The van der Waals surface area contributed by atoms with E-state index in [1.54, 1.807) is 11.8 Å². The van der Waals surface area contributed by atoms with Gasteiger partial charge >= 0.3 is 0 Å². The van der Waals surface area contributed by atoms with Crippen LogP contribution in [0.15, 0.2) is 11.6 Å². The lowest BCUT2D eigenvalue weighted by atomic mass is 10.0. The van der Waals surface area contributed by atoms with Gasteiger partial charge in [0.05, 0.1) is 10.00 Å². The highest BCUT2D eigenvalue weighted by molar-refractivity contribution is 8.05. The lowest BCUT2D eigenvalue weighted by molar-refractivity contribution is -0.120. The van der Waals surface area contributed by atoms with Gasteiger partial charge in [-0.15, -0.1) is 11.8 Å². The minimum atomic E-state index is -0.128. The first-order valence-electron chi connectivity index (χ1n) is 3.80. The van der Waals surface area contributed by atoms with Gasteiger partial charge in [-0.05, 0) is 27.7 Å². The van der Waals surface area contributed by atoms with Crippen molar-refractivity contribution in [3.05, 3.63) is 11.6 Å². The SMILES string of the molecule is CC(C)=CC1SC(C)(C)C1=O. The van der Waals surface area contributed by atoms with E-state index in [0.29, 0.717) is 5.78 Å². The molecule has 1 fully saturated rings. The fourth-order valence-electron chi connectivity index (χ4n) is 1.13. The molecule has 0 aromatic rings. The average Bonchev–Trinajstić information content (AvgIpc) is 1.85. The number of ketones is 1. The molecule has 0 aromatic heterocycles. The zero-order valence-electron chi connectivity index (χ0n) is 7.47. The van der Waals surface area contributed by atoms with Gasteiger partial charge in [-0.3, -0.25) is 4.79 Å². The Kier molecular flexibility index (Phi) is 2.15. The highest BCUT2D eigenvalue weighted by Crippen LogP contribution is 2.43. The number of hydrogen-bond donors (Lipinski definition) is 0. The molecule has 1 heterocycles. The van der Waals surface area contributed by atoms with Gasteiger partial charge in [0.25, 0.3) is 0 Å². The van der Waals surface area contributed by atoms with Crippen molar-refractivity contribution in [2.75, 3.05) is 0 Å². The van der Waals surface area contributed by atoms with Gasteiger partial charge in [-0.25, -0.2) is 0 Å². The fourth-order valence-corrected chi connectivity index (χ4v) is 2.56. The Morgan fingerprint density at radius 1 is 1.55 bits per heavy atom. The average molecular weight is 170 g/mol. The van der Waals surface area contributed by atoms with E-state index in [1.807, 2.05) is 33.8 Å². The fraction of sp³-hybridized carbons (Fsp3) is 0.667. The van der Waals surface area contributed by atoms with Crippen LogP contribution < -0.4 is 0 Å². The minimum absolute atomic E-state index is 0.128. The topological polar surface area (TPSA) is 17.1 Å². The van der Waals surface area contributed by atoms with E-state index < -0.39 is 0 Å². The Morgan fingerprint density at radius 2 is 2.09 bits per heavy atom. The van der Waals surface area contributed by atoms with Crippen molar-refractivity contribution in [2.24, 2.45) is 0 Å². The molecule has 0 aromatic carbocycles. The van der Waals surface area contributed by atoms with Crippen molar-refractivity contribution in [2.45, 2.75) is 37.7 Å². The van der Waals surface area contributed by atoms with E-state index in [4.69, 9.17) is 0 Å². The summed E-state index contributed by atoms with van der Waals surface area (Å²) in [4.78, 5) is 11.4. The summed E-state index contributed by atoms with van der Waals surface area (Å²) in [6.07, 6.45) is 2.04. The second-order valence-corrected chi connectivity index (χ2v) is 5.42. The third-order valence-electron chi connectivity index (χ3n) is 1.76. The van der Waals surface area contributed by atoms with Crippen molar-refractivity contribution >= 4 is 17.5 Å². The number of rotatable bonds is 1. The molecule has 0 radical (unpaired) electrons.